The number of aryl methyl sites for hydroxylation is 1. The first-order valence-corrected chi connectivity index (χ1v) is 8.37. The molecule has 2 aromatic rings. The standard InChI is InChI=1S/C18H24FN5/c1-14-21-17(20-8-7-15-3-5-16(19)6-4-15)13-18(22-14)24-11-9-23(2)10-12-24/h3-6,13H,7-12H2,1-2H3,(H,20,21,22). The van der Waals surface area contributed by atoms with Crippen LogP contribution < -0.4 is 10.2 Å². The van der Waals surface area contributed by atoms with Gasteiger partial charge in [0.15, 0.2) is 0 Å². The summed E-state index contributed by atoms with van der Waals surface area (Å²) in [6.07, 6.45) is 0.827. The van der Waals surface area contributed by atoms with Crippen molar-refractivity contribution in [2.75, 3.05) is 50.0 Å². The number of nitrogens with zero attached hydrogens (tertiary/aromatic N) is 4. The van der Waals surface area contributed by atoms with Crippen molar-refractivity contribution in [2.45, 2.75) is 13.3 Å². The van der Waals surface area contributed by atoms with Gasteiger partial charge in [-0.05, 0) is 38.1 Å². The normalized spacial score (nSPS) is 15.5. The highest BCUT2D eigenvalue weighted by Crippen LogP contribution is 2.17. The minimum Gasteiger partial charge on any atom is -0.370 e. The van der Waals surface area contributed by atoms with Crippen molar-refractivity contribution in [3.63, 3.8) is 0 Å². The van der Waals surface area contributed by atoms with Gasteiger partial charge in [-0.25, -0.2) is 14.4 Å². The third-order valence-electron chi connectivity index (χ3n) is 4.28. The van der Waals surface area contributed by atoms with Gasteiger partial charge in [0.1, 0.15) is 23.3 Å². The molecule has 0 bridgehead atoms. The van der Waals surface area contributed by atoms with Crippen LogP contribution in [0.2, 0.25) is 0 Å². The zero-order chi connectivity index (χ0) is 16.9. The monoisotopic (exact) mass is 329 g/mol. The van der Waals surface area contributed by atoms with Gasteiger partial charge in [0, 0.05) is 38.8 Å². The van der Waals surface area contributed by atoms with Gasteiger partial charge < -0.3 is 15.1 Å². The Morgan fingerprint density at radius 2 is 1.79 bits per heavy atom. The molecule has 1 fully saturated rings. The van der Waals surface area contributed by atoms with Crippen molar-refractivity contribution >= 4 is 11.6 Å². The van der Waals surface area contributed by atoms with Crippen molar-refractivity contribution < 1.29 is 4.39 Å². The van der Waals surface area contributed by atoms with Crippen LogP contribution in [0.1, 0.15) is 11.4 Å². The van der Waals surface area contributed by atoms with Crippen LogP contribution in [0.25, 0.3) is 0 Å². The van der Waals surface area contributed by atoms with Gasteiger partial charge in [0.05, 0.1) is 0 Å². The van der Waals surface area contributed by atoms with Crippen molar-refractivity contribution in [1.29, 1.82) is 0 Å². The molecule has 0 atom stereocenters. The molecule has 3 rings (SSSR count). The Balaban J connectivity index is 1.60. The molecule has 0 saturated carbocycles. The van der Waals surface area contributed by atoms with Crippen molar-refractivity contribution in [1.82, 2.24) is 14.9 Å². The summed E-state index contributed by atoms with van der Waals surface area (Å²) in [6.45, 7) is 6.76. The maximum Gasteiger partial charge on any atom is 0.134 e. The lowest BCUT2D eigenvalue weighted by Gasteiger charge is -2.33. The summed E-state index contributed by atoms with van der Waals surface area (Å²) in [4.78, 5) is 13.7. The fraction of sp³-hybridized carbons (Fsp3) is 0.444. The van der Waals surface area contributed by atoms with E-state index in [1.807, 2.05) is 25.1 Å². The van der Waals surface area contributed by atoms with Crippen LogP contribution in [-0.2, 0) is 6.42 Å². The first kappa shape index (κ1) is 16.6. The van der Waals surface area contributed by atoms with Crippen molar-refractivity contribution in [3.05, 3.63) is 47.5 Å². The van der Waals surface area contributed by atoms with E-state index in [1.165, 1.54) is 12.1 Å². The highest BCUT2D eigenvalue weighted by molar-refractivity contribution is 5.49. The largest absolute Gasteiger partial charge is 0.370 e. The average molecular weight is 329 g/mol. The molecule has 1 N–H and O–H groups in total. The number of hydrogen-bond donors (Lipinski definition) is 1. The summed E-state index contributed by atoms with van der Waals surface area (Å²) < 4.78 is 12.9. The van der Waals surface area contributed by atoms with Gasteiger partial charge in [0.2, 0.25) is 0 Å². The molecule has 1 saturated heterocycles. The molecular formula is C18H24FN5. The van der Waals surface area contributed by atoms with E-state index in [0.717, 1.165) is 62.2 Å². The third kappa shape index (κ3) is 4.41. The Bertz CT molecular complexity index is 666. The van der Waals surface area contributed by atoms with Gasteiger partial charge >= 0.3 is 0 Å². The lowest BCUT2D eigenvalue weighted by molar-refractivity contribution is 0.312. The van der Waals surface area contributed by atoms with Crippen LogP contribution in [-0.4, -0.2) is 54.6 Å². The quantitative estimate of drug-likeness (QED) is 0.912. The van der Waals surface area contributed by atoms with E-state index in [9.17, 15) is 4.39 Å². The summed E-state index contributed by atoms with van der Waals surface area (Å²) in [7, 11) is 2.14. The summed E-state index contributed by atoms with van der Waals surface area (Å²) in [5.41, 5.74) is 1.11. The first-order chi connectivity index (χ1) is 11.6. The maximum atomic E-state index is 12.9. The molecular weight excluding hydrogens is 305 g/mol. The third-order valence-corrected chi connectivity index (χ3v) is 4.28. The minimum atomic E-state index is -0.199. The zero-order valence-electron chi connectivity index (χ0n) is 14.3. The maximum absolute atomic E-state index is 12.9. The number of likely N-dealkylation sites (N-methyl/N-ethyl adjacent to an activating group) is 1. The van der Waals surface area contributed by atoms with Gasteiger partial charge in [0.25, 0.3) is 0 Å². The molecule has 128 valence electrons. The topological polar surface area (TPSA) is 44.3 Å². The van der Waals surface area contributed by atoms with Crippen LogP contribution in [0.5, 0.6) is 0 Å². The number of nitrogens with one attached hydrogen (secondary N) is 1. The van der Waals surface area contributed by atoms with E-state index < -0.39 is 0 Å². The molecule has 1 aromatic heterocycles. The Labute approximate surface area is 142 Å². The highest BCUT2D eigenvalue weighted by Gasteiger charge is 2.16. The summed E-state index contributed by atoms with van der Waals surface area (Å²) in [5, 5.41) is 3.35. The Kier molecular flexibility index (Phi) is 5.25. The number of piperazine rings is 1. The Hall–Kier alpha value is -2.21. The summed E-state index contributed by atoms with van der Waals surface area (Å²) in [5.74, 6) is 2.41. The fourth-order valence-corrected chi connectivity index (χ4v) is 2.83. The molecule has 1 aromatic carbocycles. The number of anilines is 2. The fourth-order valence-electron chi connectivity index (χ4n) is 2.83. The van der Waals surface area contributed by atoms with Gasteiger partial charge in [-0.15, -0.1) is 0 Å². The van der Waals surface area contributed by atoms with Gasteiger partial charge in [-0.2, -0.15) is 0 Å². The molecule has 0 aliphatic carbocycles. The van der Waals surface area contributed by atoms with Crippen molar-refractivity contribution in [2.24, 2.45) is 0 Å². The molecule has 0 radical (unpaired) electrons. The van der Waals surface area contributed by atoms with Crippen LogP contribution in [0.15, 0.2) is 30.3 Å². The van der Waals surface area contributed by atoms with E-state index in [4.69, 9.17) is 0 Å². The average Bonchev–Trinajstić information content (AvgIpc) is 2.57. The number of benzene rings is 1. The summed E-state index contributed by atoms with van der Waals surface area (Å²) in [6, 6.07) is 8.64. The SMILES string of the molecule is Cc1nc(NCCc2ccc(F)cc2)cc(N2CCN(C)CC2)n1. The van der Waals surface area contributed by atoms with E-state index >= 15 is 0 Å². The molecule has 0 amide bonds. The number of rotatable bonds is 5. The molecule has 2 heterocycles. The van der Waals surface area contributed by atoms with Crippen LogP contribution >= 0.6 is 0 Å². The molecule has 24 heavy (non-hydrogen) atoms. The van der Waals surface area contributed by atoms with E-state index in [0.29, 0.717) is 0 Å². The van der Waals surface area contributed by atoms with Gasteiger partial charge in [-0.1, -0.05) is 12.1 Å². The van der Waals surface area contributed by atoms with Crippen LogP contribution in [0.3, 0.4) is 0 Å². The smallest absolute Gasteiger partial charge is 0.134 e. The number of halogens is 1. The molecule has 0 unspecified atom stereocenters. The molecule has 5 nitrogen and oxygen atoms in total. The lowest BCUT2D eigenvalue weighted by atomic mass is 10.1. The predicted octanol–water partition coefficient (Wildman–Crippen LogP) is 2.33. The second kappa shape index (κ2) is 7.57. The highest BCUT2D eigenvalue weighted by atomic mass is 19.1. The summed E-state index contributed by atoms with van der Waals surface area (Å²) >= 11 is 0. The number of hydrogen-bond acceptors (Lipinski definition) is 5. The predicted molar refractivity (Wildman–Crippen MR) is 95.1 cm³/mol. The molecule has 1 aliphatic heterocycles. The van der Waals surface area contributed by atoms with Crippen molar-refractivity contribution in [3.8, 4) is 0 Å². The van der Waals surface area contributed by atoms with E-state index in [-0.39, 0.29) is 5.82 Å². The van der Waals surface area contributed by atoms with Gasteiger partial charge in [-0.3, -0.25) is 0 Å². The Morgan fingerprint density at radius 3 is 2.50 bits per heavy atom. The second-order valence-electron chi connectivity index (χ2n) is 6.25. The van der Waals surface area contributed by atoms with E-state index in [1.54, 1.807) is 0 Å². The zero-order valence-corrected chi connectivity index (χ0v) is 14.3. The molecule has 0 spiro atoms. The second-order valence-corrected chi connectivity index (χ2v) is 6.25. The van der Waals surface area contributed by atoms with E-state index in [2.05, 4.69) is 32.1 Å². The number of aromatic nitrogens is 2. The van der Waals surface area contributed by atoms with Crippen LogP contribution in [0, 0.1) is 12.7 Å². The van der Waals surface area contributed by atoms with Crippen LogP contribution in [0.4, 0.5) is 16.0 Å². The minimum absolute atomic E-state index is 0.199. The Morgan fingerprint density at radius 1 is 1.08 bits per heavy atom. The lowest BCUT2D eigenvalue weighted by Crippen LogP contribution is -2.44. The molecule has 1 aliphatic rings. The first-order valence-electron chi connectivity index (χ1n) is 8.37. The molecule has 6 heteroatoms.